The maximum Gasteiger partial charge on any atom is 0.407 e. The first-order valence-electron chi connectivity index (χ1n) is 5.09. The SMILES string of the molecule is C=CCOC(=O)NCCOCCOCCO. The predicted molar refractivity (Wildman–Crippen MR) is 58.3 cm³/mol. The molecular weight excluding hydrogens is 214 g/mol. The standard InChI is InChI=1S/C10H19NO5/c1-2-5-16-10(13)11-3-6-14-8-9-15-7-4-12/h2,12H,1,3-9H2,(H,11,13). The third-order valence-corrected chi connectivity index (χ3v) is 1.46. The Hall–Kier alpha value is -1.11. The first-order chi connectivity index (χ1) is 7.81. The summed E-state index contributed by atoms with van der Waals surface area (Å²) in [5.74, 6) is 0. The van der Waals surface area contributed by atoms with Gasteiger partial charge >= 0.3 is 6.09 Å². The molecule has 0 atom stereocenters. The zero-order chi connectivity index (χ0) is 12.1. The van der Waals surface area contributed by atoms with Crippen LogP contribution in [0.5, 0.6) is 0 Å². The fraction of sp³-hybridized carbons (Fsp3) is 0.700. The van der Waals surface area contributed by atoms with E-state index >= 15 is 0 Å². The number of nitrogens with one attached hydrogen (secondary N) is 1. The van der Waals surface area contributed by atoms with Gasteiger partial charge in [0.25, 0.3) is 0 Å². The summed E-state index contributed by atoms with van der Waals surface area (Å²) in [6.07, 6.45) is 1.01. The number of carbonyl (C=O) groups is 1. The molecule has 94 valence electrons. The zero-order valence-corrected chi connectivity index (χ0v) is 9.31. The molecule has 0 bridgehead atoms. The molecule has 0 aliphatic rings. The lowest BCUT2D eigenvalue weighted by Crippen LogP contribution is -2.28. The highest BCUT2D eigenvalue weighted by Gasteiger charge is 1.98. The number of ether oxygens (including phenoxy) is 3. The highest BCUT2D eigenvalue weighted by atomic mass is 16.5. The van der Waals surface area contributed by atoms with Crippen molar-refractivity contribution in [2.24, 2.45) is 0 Å². The van der Waals surface area contributed by atoms with Crippen molar-refractivity contribution in [1.82, 2.24) is 5.32 Å². The van der Waals surface area contributed by atoms with Crippen molar-refractivity contribution in [2.45, 2.75) is 0 Å². The van der Waals surface area contributed by atoms with Gasteiger partial charge in [0.15, 0.2) is 0 Å². The Morgan fingerprint density at radius 1 is 1.25 bits per heavy atom. The van der Waals surface area contributed by atoms with Crippen molar-refractivity contribution in [3.63, 3.8) is 0 Å². The van der Waals surface area contributed by atoms with Crippen molar-refractivity contribution in [1.29, 1.82) is 0 Å². The van der Waals surface area contributed by atoms with Gasteiger partial charge in [0, 0.05) is 6.54 Å². The third-order valence-electron chi connectivity index (χ3n) is 1.46. The molecule has 0 saturated heterocycles. The summed E-state index contributed by atoms with van der Waals surface area (Å²) in [6.45, 7) is 5.58. The number of hydrogen-bond donors (Lipinski definition) is 2. The summed E-state index contributed by atoms with van der Waals surface area (Å²) in [7, 11) is 0. The minimum Gasteiger partial charge on any atom is -0.445 e. The van der Waals surface area contributed by atoms with Gasteiger partial charge in [-0.05, 0) is 0 Å². The second-order valence-electron chi connectivity index (χ2n) is 2.76. The molecule has 0 aliphatic carbocycles. The quantitative estimate of drug-likeness (QED) is 0.408. The second-order valence-corrected chi connectivity index (χ2v) is 2.76. The molecule has 0 aromatic rings. The second kappa shape index (κ2) is 12.0. The van der Waals surface area contributed by atoms with E-state index in [1.807, 2.05) is 0 Å². The number of aliphatic hydroxyl groups excluding tert-OH is 1. The van der Waals surface area contributed by atoms with Gasteiger partial charge in [-0.2, -0.15) is 0 Å². The largest absolute Gasteiger partial charge is 0.445 e. The normalized spacial score (nSPS) is 9.81. The molecule has 2 N–H and O–H groups in total. The molecule has 6 heteroatoms. The summed E-state index contributed by atoms with van der Waals surface area (Å²) >= 11 is 0. The molecule has 0 saturated carbocycles. The van der Waals surface area contributed by atoms with Gasteiger partial charge in [0.05, 0.1) is 33.0 Å². The maximum absolute atomic E-state index is 10.9. The van der Waals surface area contributed by atoms with E-state index in [9.17, 15) is 4.79 Å². The van der Waals surface area contributed by atoms with E-state index in [-0.39, 0.29) is 13.2 Å². The van der Waals surface area contributed by atoms with Crippen LogP contribution in [0.3, 0.4) is 0 Å². The van der Waals surface area contributed by atoms with E-state index in [1.54, 1.807) is 0 Å². The van der Waals surface area contributed by atoms with E-state index in [2.05, 4.69) is 16.6 Å². The first-order valence-corrected chi connectivity index (χ1v) is 5.09. The molecule has 0 radical (unpaired) electrons. The van der Waals surface area contributed by atoms with Gasteiger partial charge in [-0.3, -0.25) is 0 Å². The number of alkyl carbamates (subject to hydrolysis) is 1. The van der Waals surface area contributed by atoms with Crippen LogP contribution in [0.4, 0.5) is 4.79 Å². The van der Waals surface area contributed by atoms with Gasteiger partial charge in [0.1, 0.15) is 6.61 Å². The molecule has 0 rings (SSSR count). The van der Waals surface area contributed by atoms with Crippen molar-refractivity contribution >= 4 is 6.09 Å². The number of carbonyl (C=O) groups excluding carboxylic acids is 1. The Balaban J connectivity index is 3.08. The molecule has 0 aromatic heterocycles. The predicted octanol–water partition coefficient (Wildman–Crippen LogP) is -0.0759. The molecule has 0 unspecified atom stereocenters. The van der Waals surface area contributed by atoms with Crippen LogP contribution in [0.2, 0.25) is 0 Å². The fourth-order valence-electron chi connectivity index (χ4n) is 0.797. The zero-order valence-electron chi connectivity index (χ0n) is 9.31. The summed E-state index contributed by atoms with van der Waals surface area (Å²) < 4.78 is 14.8. The molecule has 0 heterocycles. The highest BCUT2D eigenvalue weighted by molar-refractivity contribution is 5.67. The van der Waals surface area contributed by atoms with E-state index < -0.39 is 6.09 Å². The Bertz CT molecular complexity index is 186. The van der Waals surface area contributed by atoms with Crippen LogP contribution in [-0.4, -0.2) is 57.4 Å². The summed E-state index contributed by atoms with van der Waals surface area (Å²) in [5, 5.41) is 10.9. The number of aliphatic hydroxyl groups is 1. The number of amides is 1. The van der Waals surface area contributed by atoms with Gasteiger partial charge in [-0.25, -0.2) is 4.79 Å². The first kappa shape index (κ1) is 14.9. The van der Waals surface area contributed by atoms with Crippen molar-refractivity contribution in [2.75, 3.05) is 46.2 Å². The smallest absolute Gasteiger partial charge is 0.407 e. The van der Waals surface area contributed by atoms with E-state index in [0.29, 0.717) is 33.0 Å². The lowest BCUT2D eigenvalue weighted by molar-refractivity contribution is 0.0338. The average Bonchev–Trinajstić information content (AvgIpc) is 2.30. The van der Waals surface area contributed by atoms with Gasteiger partial charge in [0.2, 0.25) is 0 Å². The topological polar surface area (TPSA) is 77.0 Å². The van der Waals surface area contributed by atoms with E-state index in [0.717, 1.165) is 0 Å². The van der Waals surface area contributed by atoms with Crippen LogP contribution in [-0.2, 0) is 14.2 Å². The molecule has 1 amide bonds. The minimum atomic E-state index is -0.486. The maximum atomic E-state index is 10.9. The Labute approximate surface area is 95.2 Å². The highest BCUT2D eigenvalue weighted by Crippen LogP contribution is 1.80. The fourth-order valence-corrected chi connectivity index (χ4v) is 0.797. The Kier molecular flexibility index (Phi) is 11.1. The summed E-state index contributed by atoms with van der Waals surface area (Å²) in [6, 6.07) is 0. The molecule has 0 fully saturated rings. The minimum absolute atomic E-state index is 0.0106. The molecular formula is C10H19NO5. The summed E-state index contributed by atoms with van der Waals surface area (Å²) in [4.78, 5) is 10.9. The molecule has 6 nitrogen and oxygen atoms in total. The van der Waals surface area contributed by atoms with E-state index in [1.165, 1.54) is 6.08 Å². The van der Waals surface area contributed by atoms with Gasteiger partial charge in [-0.15, -0.1) is 0 Å². The van der Waals surface area contributed by atoms with Crippen LogP contribution in [0, 0.1) is 0 Å². The monoisotopic (exact) mass is 233 g/mol. The van der Waals surface area contributed by atoms with Crippen LogP contribution < -0.4 is 5.32 Å². The van der Waals surface area contributed by atoms with Gasteiger partial charge < -0.3 is 24.6 Å². The van der Waals surface area contributed by atoms with Gasteiger partial charge in [-0.1, -0.05) is 12.7 Å². The third kappa shape index (κ3) is 11.0. The van der Waals surface area contributed by atoms with Crippen LogP contribution >= 0.6 is 0 Å². The van der Waals surface area contributed by atoms with Crippen LogP contribution in [0.1, 0.15) is 0 Å². The lowest BCUT2D eigenvalue weighted by Gasteiger charge is -2.06. The van der Waals surface area contributed by atoms with Crippen molar-refractivity contribution in [3.8, 4) is 0 Å². The number of hydrogen-bond acceptors (Lipinski definition) is 5. The van der Waals surface area contributed by atoms with E-state index in [4.69, 9.17) is 14.6 Å². The molecule has 0 spiro atoms. The molecule has 0 aliphatic heterocycles. The lowest BCUT2D eigenvalue weighted by atomic mass is 10.6. The van der Waals surface area contributed by atoms with Crippen molar-refractivity contribution in [3.05, 3.63) is 12.7 Å². The average molecular weight is 233 g/mol. The molecule has 0 aromatic carbocycles. The van der Waals surface area contributed by atoms with Crippen LogP contribution in [0.25, 0.3) is 0 Å². The summed E-state index contributed by atoms with van der Waals surface area (Å²) in [5.41, 5.74) is 0. The Morgan fingerprint density at radius 3 is 2.56 bits per heavy atom. The van der Waals surface area contributed by atoms with Crippen LogP contribution in [0.15, 0.2) is 12.7 Å². The van der Waals surface area contributed by atoms with Crippen molar-refractivity contribution < 1.29 is 24.1 Å². The Morgan fingerprint density at radius 2 is 1.94 bits per heavy atom. The molecule has 16 heavy (non-hydrogen) atoms. The number of rotatable bonds is 10.